The first-order valence-electron chi connectivity index (χ1n) is 13.3. The Labute approximate surface area is 216 Å². The average Bonchev–Trinajstić information content (AvgIpc) is 3.49. The first kappa shape index (κ1) is 23.7. The standard InChI is InChI=1S/C28H34N8O/c1-18(2)36-25(9-11-30-36)22-6-7-23-24(16-22)32-28(31-23)33-26-17-21(8-10-29-26)19(3)34-12-14-35(15-13-34)27(37)20-4-5-20/h6-11,16-20H,4-5,12-15H2,1-3H3,(H2,29,31,32,33). The zero-order valence-corrected chi connectivity index (χ0v) is 21.7. The second-order valence-electron chi connectivity index (χ2n) is 10.5. The van der Waals surface area contributed by atoms with Gasteiger partial charge in [-0.1, -0.05) is 6.07 Å². The lowest BCUT2D eigenvalue weighted by Crippen LogP contribution is -2.49. The Balaban J connectivity index is 1.14. The van der Waals surface area contributed by atoms with E-state index < -0.39 is 0 Å². The van der Waals surface area contributed by atoms with Gasteiger partial charge >= 0.3 is 0 Å². The molecule has 37 heavy (non-hydrogen) atoms. The van der Waals surface area contributed by atoms with Gasteiger partial charge in [0.1, 0.15) is 5.82 Å². The Morgan fingerprint density at radius 3 is 2.59 bits per heavy atom. The van der Waals surface area contributed by atoms with E-state index in [1.54, 1.807) is 0 Å². The molecule has 2 fully saturated rings. The molecule has 1 saturated heterocycles. The summed E-state index contributed by atoms with van der Waals surface area (Å²) < 4.78 is 2.03. The third kappa shape index (κ3) is 4.83. The van der Waals surface area contributed by atoms with Gasteiger partial charge in [-0.2, -0.15) is 5.10 Å². The number of H-pyrrole nitrogens is 1. The van der Waals surface area contributed by atoms with Gasteiger partial charge in [-0.3, -0.25) is 14.4 Å². The monoisotopic (exact) mass is 498 g/mol. The van der Waals surface area contributed by atoms with E-state index in [0.29, 0.717) is 17.8 Å². The molecule has 1 saturated carbocycles. The number of fused-ring (bicyclic) bond motifs is 1. The maximum absolute atomic E-state index is 12.4. The van der Waals surface area contributed by atoms with Crippen molar-refractivity contribution in [3.05, 3.63) is 54.4 Å². The molecular formula is C28H34N8O. The molecule has 192 valence electrons. The Morgan fingerprint density at radius 1 is 1.03 bits per heavy atom. The van der Waals surface area contributed by atoms with Crippen molar-refractivity contribution in [2.75, 3.05) is 31.5 Å². The zero-order valence-electron chi connectivity index (χ0n) is 21.7. The highest BCUT2D eigenvalue weighted by molar-refractivity contribution is 5.83. The van der Waals surface area contributed by atoms with Gasteiger partial charge in [0, 0.05) is 62.1 Å². The van der Waals surface area contributed by atoms with Gasteiger partial charge in [0.15, 0.2) is 0 Å². The van der Waals surface area contributed by atoms with E-state index >= 15 is 0 Å². The summed E-state index contributed by atoms with van der Waals surface area (Å²) in [4.78, 5) is 29.5. The molecule has 1 aliphatic heterocycles. The van der Waals surface area contributed by atoms with Gasteiger partial charge in [0.05, 0.1) is 16.7 Å². The maximum atomic E-state index is 12.4. The maximum Gasteiger partial charge on any atom is 0.225 e. The fourth-order valence-electron chi connectivity index (χ4n) is 5.21. The van der Waals surface area contributed by atoms with E-state index in [0.717, 1.165) is 67.1 Å². The van der Waals surface area contributed by atoms with Gasteiger partial charge in [-0.15, -0.1) is 0 Å². The number of nitrogens with zero attached hydrogens (tertiary/aromatic N) is 6. The molecule has 1 aromatic carbocycles. The van der Waals surface area contributed by atoms with Gasteiger partial charge < -0.3 is 15.2 Å². The van der Waals surface area contributed by atoms with Crippen LogP contribution in [0.5, 0.6) is 0 Å². The number of hydrogen-bond acceptors (Lipinski definition) is 6. The lowest BCUT2D eigenvalue weighted by Gasteiger charge is -2.38. The third-order valence-corrected chi connectivity index (χ3v) is 7.55. The summed E-state index contributed by atoms with van der Waals surface area (Å²) in [5, 5.41) is 7.81. The van der Waals surface area contributed by atoms with Gasteiger partial charge in [-0.05, 0) is 69.5 Å². The van der Waals surface area contributed by atoms with E-state index in [-0.39, 0.29) is 12.1 Å². The molecule has 4 heterocycles. The lowest BCUT2D eigenvalue weighted by atomic mass is 10.1. The zero-order chi connectivity index (χ0) is 25.5. The molecule has 4 aromatic rings. The number of hydrogen-bond donors (Lipinski definition) is 2. The molecule has 0 radical (unpaired) electrons. The smallest absolute Gasteiger partial charge is 0.225 e. The number of pyridine rings is 1. The summed E-state index contributed by atoms with van der Waals surface area (Å²) in [6, 6.07) is 13.0. The van der Waals surface area contributed by atoms with Crippen molar-refractivity contribution in [2.45, 2.75) is 45.7 Å². The second-order valence-corrected chi connectivity index (χ2v) is 10.5. The summed E-state index contributed by atoms with van der Waals surface area (Å²) in [6.07, 6.45) is 5.82. The van der Waals surface area contributed by atoms with Crippen LogP contribution >= 0.6 is 0 Å². The van der Waals surface area contributed by atoms with Crippen molar-refractivity contribution in [1.82, 2.24) is 34.5 Å². The number of carbonyl (C=O) groups is 1. The molecule has 1 amide bonds. The van der Waals surface area contributed by atoms with Crippen LogP contribution in [0.3, 0.4) is 0 Å². The normalized spacial score (nSPS) is 17.5. The van der Waals surface area contributed by atoms with Gasteiger partial charge in [0.2, 0.25) is 11.9 Å². The number of aromatic amines is 1. The summed E-state index contributed by atoms with van der Waals surface area (Å²) in [7, 11) is 0. The number of nitrogens with one attached hydrogen (secondary N) is 2. The quantitative estimate of drug-likeness (QED) is 0.381. The van der Waals surface area contributed by atoms with Crippen LogP contribution in [0.25, 0.3) is 22.3 Å². The molecule has 2 aliphatic rings. The number of imidazole rings is 1. The third-order valence-electron chi connectivity index (χ3n) is 7.55. The van der Waals surface area contributed by atoms with Crippen LogP contribution in [-0.2, 0) is 4.79 Å². The number of piperazine rings is 1. The number of amides is 1. The fraction of sp³-hybridized carbons (Fsp3) is 0.429. The summed E-state index contributed by atoms with van der Waals surface area (Å²) in [5.74, 6) is 2.07. The minimum absolute atomic E-state index is 0.241. The van der Waals surface area contributed by atoms with E-state index in [2.05, 4.69) is 70.3 Å². The Hall–Kier alpha value is -3.72. The van der Waals surface area contributed by atoms with Crippen LogP contribution in [0, 0.1) is 5.92 Å². The Bertz CT molecular complexity index is 1410. The molecule has 1 unspecified atom stereocenters. The molecule has 9 nitrogen and oxygen atoms in total. The summed E-state index contributed by atoms with van der Waals surface area (Å²) in [5.41, 5.74) is 5.23. The number of rotatable bonds is 7. The highest BCUT2D eigenvalue weighted by atomic mass is 16.2. The van der Waals surface area contributed by atoms with Crippen LogP contribution < -0.4 is 5.32 Å². The van der Waals surface area contributed by atoms with Gasteiger partial charge in [0.25, 0.3) is 0 Å². The summed E-state index contributed by atoms with van der Waals surface area (Å²) >= 11 is 0. The van der Waals surface area contributed by atoms with E-state index in [1.165, 1.54) is 5.56 Å². The molecule has 1 aliphatic carbocycles. The topological polar surface area (TPSA) is 95.0 Å². The minimum Gasteiger partial charge on any atom is -0.340 e. The van der Waals surface area contributed by atoms with Crippen molar-refractivity contribution in [3.8, 4) is 11.3 Å². The lowest BCUT2D eigenvalue weighted by molar-refractivity contribution is -0.134. The molecule has 3 aromatic heterocycles. The average molecular weight is 499 g/mol. The molecule has 2 N–H and O–H groups in total. The number of benzene rings is 1. The highest BCUT2D eigenvalue weighted by Gasteiger charge is 2.35. The van der Waals surface area contributed by atoms with Crippen molar-refractivity contribution in [3.63, 3.8) is 0 Å². The predicted molar refractivity (Wildman–Crippen MR) is 145 cm³/mol. The van der Waals surface area contributed by atoms with E-state index in [4.69, 9.17) is 4.98 Å². The SMILES string of the molecule is CC(c1ccnc(Nc2nc3ccc(-c4ccnn4C(C)C)cc3[nH]2)c1)N1CCN(C(=O)C2CC2)CC1. The van der Waals surface area contributed by atoms with Crippen LogP contribution in [0.2, 0.25) is 0 Å². The predicted octanol–water partition coefficient (Wildman–Crippen LogP) is 4.76. The largest absolute Gasteiger partial charge is 0.340 e. The summed E-state index contributed by atoms with van der Waals surface area (Å²) in [6.45, 7) is 9.90. The number of carbonyl (C=O) groups excluding carboxylic acids is 1. The number of anilines is 2. The molecule has 0 bridgehead atoms. The van der Waals surface area contributed by atoms with E-state index in [1.807, 2.05) is 34.1 Å². The van der Waals surface area contributed by atoms with Crippen LogP contribution in [0.15, 0.2) is 48.8 Å². The second kappa shape index (κ2) is 9.63. The van der Waals surface area contributed by atoms with Crippen LogP contribution in [0.1, 0.15) is 51.3 Å². The number of aromatic nitrogens is 5. The van der Waals surface area contributed by atoms with Crippen LogP contribution in [0.4, 0.5) is 11.8 Å². The molecule has 9 heteroatoms. The fourth-order valence-corrected chi connectivity index (χ4v) is 5.21. The molecular weight excluding hydrogens is 464 g/mol. The van der Waals surface area contributed by atoms with Crippen molar-refractivity contribution in [1.29, 1.82) is 0 Å². The van der Waals surface area contributed by atoms with Crippen LogP contribution in [-0.4, -0.2) is 66.6 Å². The Morgan fingerprint density at radius 2 is 1.84 bits per heavy atom. The van der Waals surface area contributed by atoms with Crippen molar-refractivity contribution in [2.24, 2.45) is 5.92 Å². The first-order valence-corrected chi connectivity index (χ1v) is 13.3. The molecule has 6 rings (SSSR count). The highest BCUT2D eigenvalue weighted by Crippen LogP contribution is 2.32. The minimum atomic E-state index is 0.241. The molecule has 0 spiro atoms. The Kier molecular flexibility index (Phi) is 6.16. The van der Waals surface area contributed by atoms with Crippen molar-refractivity contribution >= 4 is 28.7 Å². The van der Waals surface area contributed by atoms with Gasteiger partial charge in [-0.25, -0.2) is 9.97 Å². The van der Waals surface area contributed by atoms with Crippen molar-refractivity contribution < 1.29 is 4.79 Å². The molecule has 1 atom stereocenters. The first-order chi connectivity index (χ1) is 18.0. The van der Waals surface area contributed by atoms with E-state index in [9.17, 15) is 4.79 Å².